The Kier molecular flexibility index (Phi) is 6.99. The average molecular weight is 376 g/mol. The van der Waals surface area contributed by atoms with Crippen LogP contribution in [0.15, 0.2) is 47.6 Å². The molecule has 0 spiro atoms. The van der Waals surface area contributed by atoms with Crippen molar-refractivity contribution in [1.29, 1.82) is 0 Å². The van der Waals surface area contributed by atoms with Gasteiger partial charge in [-0.3, -0.25) is 9.59 Å². The van der Waals surface area contributed by atoms with Crippen molar-refractivity contribution in [2.45, 2.75) is 6.92 Å². The number of rotatable bonds is 7. The van der Waals surface area contributed by atoms with E-state index in [1.165, 1.54) is 7.11 Å². The highest BCUT2D eigenvalue weighted by Crippen LogP contribution is 2.27. The minimum Gasteiger partial charge on any atom is -0.495 e. The minimum absolute atomic E-state index is 0.321. The highest BCUT2D eigenvalue weighted by molar-refractivity contribution is 6.33. The minimum atomic E-state index is -0.551. The Morgan fingerprint density at radius 3 is 2.58 bits per heavy atom. The maximum Gasteiger partial charge on any atom is 0.270 e. The van der Waals surface area contributed by atoms with Gasteiger partial charge in [-0.2, -0.15) is 0 Å². The molecule has 2 N–H and O–H groups in total. The van der Waals surface area contributed by atoms with Crippen LogP contribution in [0, 0.1) is 6.92 Å². The third kappa shape index (κ3) is 6.10. The van der Waals surface area contributed by atoms with Gasteiger partial charge in [-0.05, 0) is 37.3 Å². The topological polar surface area (TPSA) is 89.0 Å². The molecular formula is C18H18ClN3O4. The van der Waals surface area contributed by atoms with E-state index >= 15 is 0 Å². The number of nitrogens with zero attached hydrogens (tertiary/aromatic N) is 1. The Balaban J connectivity index is 1.79. The molecule has 0 saturated heterocycles. The molecule has 2 amide bonds. The van der Waals surface area contributed by atoms with Crippen molar-refractivity contribution in [2.24, 2.45) is 5.16 Å². The molecule has 2 rings (SSSR count). The van der Waals surface area contributed by atoms with Gasteiger partial charge in [0.25, 0.3) is 11.8 Å². The molecule has 136 valence electrons. The van der Waals surface area contributed by atoms with Gasteiger partial charge in [0.15, 0.2) is 6.61 Å². The van der Waals surface area contributed by atoms with Crippen LogP contribution in [0.1, 0.15) is 5.56 Å². The number of anilines is 2. The number of amides is 2. The van der Waals surface area contributed by atoms with E-state index in [-0.39, 0.29) is 12.5 Å². The number of carbonyl (C=O) groups excluding carboxylic acids is 2. The maximum atomic E-state index is 11.8. The van der Waals surface area contributed by atoms with Gasteiger partial charge in [0.1, 0.15) is 12.0 Å². The molecule has 8 heteroatoms. The van der Waals surface area contributed by atoms with Crippen LogP contribution in [0.4, 0.5) is 11.4 Å². The number of oxime groups is 1. The predicted octanol–water partition coefficient (Wildman–Crippen LogP) is 3.24. The van der Waals surface area contributed by atoms with Gasteiger partial charge < -0.3 is 20.2 Å². The van der Waals surface area contributed by atoms with E-state index in [0.29, 0.717) is 22.1 Å². The van der Waals surface area contributed by atoms with Gasteiger partial charge in [-0.25, -0.2) is 0 Å². The van der Waals surface area contributed by atoms with Crippen molar-refractivity contribution in [3.05, 3.63) is 53.1 Å². The first-order chi connectivity index (χ1) is 12.5. The summed E-state index contributed by atoms with van der Waals surface area (Å²) in [4.78, 5) is 28.4. The number of nitrogens with one attached hydrogen (secondary N) is 2. The summed E-state index contributed by atoms with van der Waals surface area (Å²) < 4.78 is 5.12. The van der Waals surface area contributed by atoms with Crippen molar-refractivity contribution in [3.63, 3.8) is 0 Å². The molecule has 2 aromatic carbocycles. The summed E-state index contributed by atoms with van der Waals surface area (Å²) in [5.74, 6) is -0.484. The normalized spacial score (nSPS) is 10.4. The largest absolute Gasteiger partial charge is 0.495 e. The number of hydrogen-bond donors (Lipinski definition) is 2. The van der Waals surface area contributed by atoms with Crippen LogP contribution in [0.5, 0.6) is 5.75 Å². The molecule has 0 aliphatic carbocycles. The highest BCUT2D eigenvalue weighted by atomic mass is 35.5. The lowest BCUT2D eigenvalue weighted by atomic mass is 10.2. The van der Waals surface area contributed by atoms with Crippen LogP contribution in [-0.4, -0.2) is 31.7 Å². The van der Waals surface area contributed by atoms with Crippen molar-refractivity contribution >= 4 is 41.0 Å². The Morgan fingerprint density at radius 1 is 1.15 bits per heavy atom. The zero-order chi connectivity index (χ0) is 18.9. The molecule has 0 atom stereocenters. The number of hydrogen-bond acceptors (Lipinski definition) is 5. The second-order valence-corrected chi connectivity index (χ2v) is 5.69. The van der Waals surface area contributed by atoms with Gasteiger partial charge >= 0.3 is 0 Å². The number of carbonyl (C=O) groups is 2. The molecule has 0 saturated carbocycles. The van der Waals surface area contributed by atoms with Crippen LogP contribution in [0.3, 0.4) is 0 Å². The zero-order valence-corrected chi connectivity index (χ0v) is 15.0. The zero-order valence-electron chi connectivity index (χ0n) is 14.3. The van der Waals surface area contributed by atoms with Gasteiger partial charge in [0.2, 0.25) is 0 Å². The van der Waals surface area contributed by atoms with Crippen molar-refractivity contribution < 1.29 is 19.2 Å². The van der Waals surface area contributed by atoms with Crippen molar-refractivity contribution in [2.75, 3.05) is 24.4 Å². The van der Waals surface area contributed by atoms with Gasteiger partial charge in [0.05, 0.1) is 12.8 Å². The van der Waals surface area contributed by atoms with Gasteiger partial charge in [0, 0.05) is 10.7 Å². The van der Waals surface area contributed by atoms with Gasteiger partial charge in [-0.15, -0.1) is 0 Å². The third-order valence-corrected chi connectivity index (χ3v) is 3.43. The number of aryl methyl sites for hydroxylation is 1. The molecule has 0 fully saturated rings. The molecule has 0 heterocycles. The molecule has 0 aliphatic heterocycles. The van der Waals surface area contributed by atoms with Crippen LogP contribution in [0.2, 0.25) is 5.02 Å². The van der Waals surface area contributed by atoms with E-state index in [1.807, 2.05) is 19.1 Å². The second kappa shape index (κ2) is 9.43. The molecule has 2 aromatic rings. The number of methoxy groups -OCH3 is 1. The molecule has 0 unspecified atom stereocenters. The molecule has 0 aromatic heterocycles. The highest BCUT2D eigenvalue weighted by Gasteiger charge is 2.07. The number of halogens is 1. The van der Waals surface area contributed by atoms with Gasteiger partial charge in [-0.1, -0.05) is 34.5 Å². The fourth-order valence-electron chi connectivity index (χ4n) is 1.96. The number of benzene rings is 2. The summed E-state index contributed by atoms with van der Waals surface area (Å²) in [6.45, 7) is 1.63. The molecule has 7 nitrogen and oxygen atoms in total. The van der Waals surface area contributed by atoms with E-state index in [2.05, 4.69) is 15.8 Å². The maximum absolute atomic E-state index is 11.8. The van der Waals surface area contributed by atoms with Crippen molar-refractivity contribution in [1.82, 2.24) is 0 Å². The summed E-state index contributed by atoms with van der Waals surface area (Å²) >= 11 is 5.88. The van der Waals surface area contributed by atoms with Crippen LogP contribution in [0.25, 0.3) is 0 Å². The summed E-state index contributed by atoms with van der Waals surface area (Å²) in [6.07, 6.45) is 0.916. The first kappa shape index (κ1) is 19.3. The Labute approximate surface area is 155 Å². The van der Waals surface area contributed by atoms with E-state index in [9.17, 15) is 9.59 Å². The lowest BCUT2D eigenvalue weighted by Gasteiger charge is -2.08. The Bertz CT molecular complexity index is 807. The first-order valence-corrected chi connectivity index (χ1v) is 8.02. The first-order valence-electron chi connectivity index (χ1n) is 7.64. The van der Waals surface area contributed by atoms with E-state index < -0.39 is 5.91 Å². The quantitative estimate of drug-likeness (QED) is 0.574. The Morgan fingerprint density at radius 2 is 1.88 bits per heavy atom. The smallest absolute Gasteiger partial charge is 0.270 e. The van der Waals surface area contributed by atoms with E-state index in [4.69, 9.17) is 21.2 Å². The SMILES string of the molecule is COc1ccc(Cl)cc1NC(=O)/C=N\OCC(=O)Nc1ccc(C)cc1. The van der Waals surface area contributed by atoms with E-state index in [1.54, 1.807) is 30.3 Å². The lowest BCUT2D eigenvalue weighted by Crippen LogP contribution is -2.18. The summed E-state index contributed by atoms with van der Waals surface area (Å²) in [6, 6.07) is 12.1. The monoisotopic (exact) mass is 375 g/mol. The average Bonchev–Trinajstić information content (AvgIpc) is 2.61. The number of ether oxygens (including phenoxy) is 1. The second-order valence-electron chi connectivity index (χ2n) is 5.26. The molecule has 0 aliphatic rings. The lowest BCUT2D eigenvalue weighted by molar-refractivity contribution is -0.120. The fraction of sp³-hybridized carbons (Fsp3) is 0.167. The molecule has 0 bridgehead atoms. The summed E-state index contributed by atoms with van der Waals surface area (Å²) in [5.41, 5.74) is 2.14. The molecular weight excluding hydrogens is 358 g/mol. The van der Waals surface area contributed by atoms with Crippen molar-refractivity contribution in [3.8, 4) is 5.75 Å². The molecule has 0 radical (unpaired) electrons. The molecule has 26 heavy (non-hydrogen) atoms. The van der Waals surface area contributed by atoms with Crippen LogP contribution in [-0.2, 0) is 14.4 Å². The fourth-order valence-corrected chi connectivity index (χ4v) is 2.13. The van der Waals surface area contributed by atoms with Crippen LogP contribution >= 0.6 is 11.6 Å². The van der Waals surface area contributed by atoms with E-state index in [0.717, 1.165) is 11.8 Å². The van der Waals surface area contributed by atoms with Crippen LogP contribution < -0.4 is 15.4 Å². The standard InChI is InChI=1S/C18H18ClN3O4/c1-12-3-6-14(7-4-12)21-18(24)11-26-20-10-17(23)22-15-9-13(19)5-8-16(15)25-2/h3-10H,11H2,1-2H3,(H,21,24)(H,22,23)/b20-10-. The third-order valence-electron chi connectivity index (χ3n) is 3.19. The predicted molar refractivity (Wildman–Crippen MR) is 101 cm³/mol. The Hall–Kier alpha value is -3.06. The summed E-state index contributed by atoms with van der Waals surface area (Å²) in [5, 5.41) is 9.12. The summed E-state index contributed by atoms with van der Waals surface area (Å²) in [7, 11) is 1.47.